The molecule has 156 valence electrons. The van der Waals surface area contributed by atoms with Gasteiger partial charge in [-0.1, -0.05) is 36.8 Å². The molecule has 1 aliphatic heterocycles. The van der Waals surface area contributed by atoms with Crippen molar-refractivity contribution in [2.45, 2.75) is 51.5 Å². The summed E-state index contributed by atoms with van der Waals surface area (Å²) in [4.78, 5) is 13.0. The van der Waals surface area contributed by atoms with Crippen LogP contribution in [0.15, 0.2) is 47.4 Å². The van der Waals surface area contributed by atoms with Gasteiger partial charge in [0.15, 0.2) is 0 Å². The molecule has 1 N–H and O–H groups in total. The minimum Gasteiger partial charge on any atom is -0.346 e. The van der Waals surface area contributed by atoms with Crippen LogP contribution in [0.25, 0.3) is 0 Å². The van der Waals surface area contributed by atoms with Crippen molar-refractivity contribution in [2.24, 2.45) is 5.92 Å². The summed E-state index contributed by atoms with van der Waals surface area (Å²) in [5.74, 6) is 0.271. The quantitative estimate of drug-likeness (QED) is 0.797. The Bertz CT molecular complexity index is 993. The van der Waals surface area contributed by atoms with E-state index in [9.17, 15) is 13.2 Å². The van der Waals surface area contributed by atoms with Crippen LogP contribution in [0.5, 0.6) is 0 Å². The van der Waals surface area contributed by atoms with Crippen molar-refractivity contribution < 1.29 is 13.2 Å². The topological polar surface area (TPSA) is 66.5 Å². The van der Waals surface area contributed by atoms with Gasteiger partial charge in [-0.15, -0.1) is 0 Å². The van der Waals surface area contributed by atoms with Crippen LogP contribution in [-0.4, -0.2) is 31.7 Å². The van der Waals surface area contributed by atoms with Crippen molar-refractivity contribution in [2.75, 3.05) is 13.1 Å². The average Bonchev–Trinajstić information content (AvgIpc) is 2.70. The highest BCUT2D eigenvalue weighted by Crippen LogP contribution is 2.24. The van der Waals surface area contributed by atoms with Crippen molar-refractivity contribution in [1.29, 1.82) is 0 Å². The molecule has 0 bridgehead atoms. The van der Waals surface area contributed by atoms with Gasteiger partial charge in [-0.2, -0.15) is 4.31 Å². The second kappa shape index (κ2) is 8.67. The van der Waals surface area contributed by atoms with E-state index in [0.29, 0.717) is 24.6 Å². The molecule has 0 radical (unpaired) electrons. The highest BCUT2D eigenvalue weighted by molar-refractivity contribution is 7.89. The maximum absolute atomic E-state index is 13.0. The van der Waals surface area contributed by atoms with Gasteiger partial charge in [0.1, 0.15) is 0 Å². The molecule has 5 nitrogen and oxygen atoms in total. The van der Waals surface area contributed by atoms with E-state index < -0.39 is 10.0 Å². The van der Waals surface area contributed by atoms with Gasteiger partial charge in [0.25, 0.3) is 5.91 Å². The average molecular weight is 415 g/mol. The Morgan fingerprint density at radius 1 is 1.10 bits per heavy atom. The van der Waals surface area contributed by atoms with E-state index in [1.165, 1.54) is 10.4 Å². The van der Waals surface area contributed by atoms with Gasteiger partial charge in [0.2, 0.25) is 10.0 Å². The molecule has 0 saturated carbocycles. The molecule has 2 aromatic carbocycles. The predicted octanol–water partition coefficient (Wildman–Crippen LogP) is 4.22. The number of aryl methyl sites for hydroxylation is 2. The molecule has 1 heterocycles. The van der Waals surface area contributed by atoms with Crippen LogP contribution in [0, 0.1) is 19.8 Å². The second-order valence-corrected chi connectivity index (χ2v) is 10.1. The van der Waals surface area contributed by atoms with Crippen LogP contribution >= 0.6 is 0 Å². The Kier molecular flexibility index (Phi) is 6.44. The first-order valence-corrected chi connectivity index (χ1v) is 11.6. The number of amides is 1. The number of carbonyl (C=O) groups is 1. The van der Waals surface area contributed by atoms with Crippen molar-refractivity contribution >= 4 is 15.9 Å². The first-order valence-electron chi connectivity index (χ1n) is 10.2. The molecule has 0 aromatic heterocycles. The van der Waals surface area contributed by atoms with Crippen LogP contribution in [0.2, 0.25) is 0 Å². The van der Waals surface area contributed by atoms with Gasteiger partial charge in [-0.05, 0) is 68.9 Å². The molecular weight excluding hydrogens is 384 g/mol. The lowest BCUT2D eigenvalue weighted by molar-refractivity contribution is 0.0939. The van der Waals surface area contributed by atoms with Gasteiger partial charge in [-0.25, -0.2) is 8.42 Å². The highest BCUT2D eigenvalue weighted by atomic mass is 32.2. The van der Waals surface area contributed by atoms with E-state index in [1.54, 1.807) is 18.2 Å². The Balaban J connectivity index is 1.78. The number of benzene rings is 2. The molecule has 0 unspecified atom stereocenters. The third-order valence-electron chi connectivity index (χ3n) is 5.73. The van der Waals surface area contributed by atoms with Crippen LogP contribution in [0.3, 0.4) is 0 Å². The zero-order chi connectivity index (χ0) is 21.2. The fourth-order valence-corrected chi connectivity index (χ4v) is 5.27. The van der Waals surface area contributed by atoms with Crippen LogP contribution in [0.1, 0.15) is 59.8 Å². The van der Waals surface area contributed by atoms with E-state index in [4.69, 9.17) is 0 Å². The van der Waals surface area contributed by atoms with Crippen molar-refractivity contribution in [3.63, 3.8) is 0 Å². The SMILES string of the molecule is Cc1ccc(C)c([C@H](C)NC(=O)c2cccc(S(=O)(=O)N3CCC(C)CC3)c2)c1. The summed E-state index contributed by atoms with van der Waals surface area (Å²) < 4.78 is 27.5. The molecule has 0 aliphatic carbocycles. The van der Waals surface area contributed by atoms with E-state index in [0.717, 1.165) is 29.5 Å². The number of nitrogens with one attached hydrogen (secondary N) is 1. The molecule has 6 heteroatoms. The highest BCUT2D eigenvalue weighted by Gasteiger charge is 2.28. The normalized spacial score (nSPS) is 17.1. The monoisotopic (exact) mass is 414 g/mol. The number of hydrogen-bond donors (Lipinski definition) is 1. The smallest absolute Gasteiger partial charge is 0.251 e. The molecule has 1 amide bonds. The first-order chi connectivity index (χ1) is 13.7. The summed E-state index contributed by atoms with van der Waals surface area (Å²) in [6.45, 7) is 9.19. The molecule has 1 saturated heterocycles. The summed E-state index contributed by atoms with van der Waals surface area (Å²) in [7, 11) is -3.58. The number of rotatable bonds is 5. The van der Waals surface area contributed by atoms with Crippen LogP contribution in [-0.2, 0) is 10.0 Å². The Morgan fingerprint density at radius 3 is 2.48 bits per heavy atom. The Hall–Kier alpha value is -2.18. The second-order valence-electron chi connectivity index (χ2n) is 8.17. The van der Waals surface area contributed by atoms with Gasteiger partial charge in [-0.3, -0.25) is 4.79 Å². The minimum absolute atomic E-state index is 0.175. The number of piperidine rings is 1. The fraction of sp³-hybridized carbons (Fsp3) is 0.435. The van der Waals surface area contributed by atoms with E-state index in [2.05, 4.69) is 18.3 Å². The lowest BCUT2D eigenvalue weighted by atomic mass is 10.00. The molecule has 29 heavy (non-hydrogen) atoms. The lowest BCUT2D eigenvalue weighted by Gasteiger charge is -2.29. The molecule has 1 fully saturated rings. The number of nitrogens with zero attached hydrogens (tertiary/aromatic N) is 1. The number of sulfonamides is 1. The predicted molar refractivity (Wildman–Crippen MR) is 115 cm³/mol. The summed E-state index contributed by atoms with van der Waals surface area (Å²) in [6, 6.07) is 12.3. The van der Waals surface area contributed by atoms with Crippen molar-refractivity contribution in [3.05, 3.63) is 64.7 Å². The van der Waals surface area contributed by atoms with E-state index in [-0.39, 0.29) is 16.8 Å². The molecular formula is C23H30N2O3S. The molecule has 1 aliphatic rings. The zero-order valence-corrected chi connectivity index (χ0v) is 18.4. The Labute approximate surface area is 174 Å². The zero-order valence-electron chi connectivity index (χ0n) is 17.6. The molecule has 2 aromatic rings. The maximum atomic E-state index is 13.0. The number of carbonyl (C=O) groups excluding carboxylic acids is 1. The summed E-state index contributed by atoms with van der Waals surface area (Å²) in [5, 5.41) is 3.00. The molecule has 1 atom stereocenters. The minimum atomic E-state index is -3.58. The first kappa shape index (κ1) is 21.5. The third kappa shape index (κ3) is 4.87. The van der Waals surface area contributed by atoms with Crippen LogP contribution in [0.4, 0.5) is 0 Å². The van der Waals surface area contributed by atoms with E-state index in [1.807, 2.05) is 32.9 Å². The standard InChI is InChI=1S/C23H30N2O3S/c1-16-10-12-25(13-11-16)29(27,28)21-7-5-6-20(15-21)23(26)24-19(4)22-14-17(2)8-9-18(22)3/h5-9,14-16,19H,10-13H2,1-4H3,(H,24,26)/t19-/m0/s1. The van der Waals surface area contributed by atoms with E-state index >= 15 is 0 Å². The molecule has 3 rings (SSSR count). The number of hydrogen-bond acceptors (Lipinski definition) is 3. The Morgan fingerprint density at radius 2 is 1.79 bits per heavy atom. The molecule has 0 spiro atoms. The van der Waals surface area contributed by atoms with Crippen LogP contribution < -0.4 is 5.32 Å². The van der Waals surface area contributed by atoms with Gasteiger partial charge in [0.05, 0.1) is 10.9 Å². The lowest BCUT2D eigenvalue weighted by Crippen LogP contribution is -2.38. The summed E-state index contributed by atoms with van der Waals surface area (Å²) in [5.41, 5.74) is 3.66. The largest absolute Gasteiger partial charge is 0.346 e. The third-order valence-corrected chi connectivity index (χ3v) is 7.62. The van der Waals surface area contributed by atoms with Gasteiger partial charge >= 0.3 is 0 Å². The van der Waals surface area contributed by atoms with Crippen molar-refractivity contribution in [3.8, 4) is 0 Å². The maximum Gasteiger partial charge on any atom is 0.251 e. The van der Waals surface area contributed by atoms with Crippen molar-refractivity contribution in [1.82, 2.24) is 9.62 Å². The van der Waals surface area contributed by atoms with Gasteiger partial charge in [0, 0.05) is 18.7 Å². The fourth-order valence-electron chi connectivity index (χ4n) is 3.76. The summed E-state index contributed by atoms with van der Waals surface area (Å²) >= 11 is 0. The summed E-state index contributed by atoms with van der Waals surface area (Å²) in [6.07, 6.45) is 1.74. The van der Waals surface area contributed by atoms with Gasteiger partial charge < -0.3 is 5.32 Å².